The zero-order valence-electron chi connectivity index (χ0n) is 10.4. The molecule has 0 aromatic rings. The lowest BCUT2D eigenvalue weighted by atomic mass is 9.82. The minimum Gasteiger partial charge on any atom is -0.349 e. The van der Waals surface area contributed by atoms with Crippen LogP contribution in [0.1, 0.15) is 52.9 Å². The molecule has 0 atom stereocenters. The SMILES string of the molecule is CNC(C)(C)C(=O)NC1(C)CCCCC1. The Hall–Kier alpha value is -0.570. The van der Waals surface area contributed by atoms with Crippen molar-refractivity contribution in [2.24, 2.45) is 0 Å². The van der Waals surface area contributed by atoms with E-state index in [9.17, 15) is 4.79 Å². The first-order chi connectivity index (χ1) is 6.90. The summed E-state index contributed by atoms with van der Waals surface area (Å²) in [4.78, 5) is 12.0. The fraction of sp³-hybridized carbons (Fsp3) is 0.917. The molecule has 0 radical (unpaired) electrons. The van der Waals surface area contributed by atoms with Crippen LogP contribution in [0.15, 0.2) is 0 Å². The molecule has 3 heteroatoms. The van der Waals surface area contributed by atoms with Crippen LogP contribution in [0.4, 0.5) is 0 Å². The number of hydrogen-bond acceptors (Lipinski definition) is 2. The van der Waals surface area contributed by atoms with Crippen LogP contribution < -0.4 is 10.6 Å². The van der Waals surface area contributed by atoms with E-state index < -0.39 is 5.54 Å². The van der Waals surface area contributed by atoms with Crippen LogP contribution in [0, 0.1) is 0 Å². The van der Waals surface area contributed by atoms with Crippen molar-refractivity contribution in [3.05, 3.63) is 0 Å². The average Bonchev–Trinajstić information content (AvgIpc) is 2.18. The van der Waals surface area contributed by atoms with Crippen molar-refractivity contribution in [2.45, 2.75) is 64.0 Å². The van der Waals surface area contributed by atoms with Crippen LogP contribution in [0.5, 0.6) is 0 Å². The summed E-state index contributed by atoms with van der Waals surface area (Å²) < 4.78 is 0. The van der Waals surface area contributed by atoms with E-state index in [-0.39, 0.29) is 11.4 Å². The van der Waals surface area contributed by atoms with Crippen LogP contribution in [0.3, 0.4) is 0 Å². The van der Waals surface area contributed by atoms with Gasteiger partial charge in [0.15, 0.2) is 0 Å². The quantitative estimate of drug-likeness (QED) is 0.749. The number of likely N-dealkylation sites (N-methyl/N-ethyl adjacent to an activating group) is 1. The minimum absolute atomic E-state index is 0.0173. The molecule has 1 aliphatic carbocycles. The molecule has 88 valence electrons. The van der Waals surface area contributed by atoms with Gasteiger partial charge in [-0.1, -0.05) is 19.3 Å². The molecule has 15 heavy (non-hydrogen) atoms. The Balaban J connectivity index is 2.56. The zero-order valence-corrected chi connectivity index (χ0v) is 10.4. The van der Waals surface area contributed by atoms with Gasteiger partial charge in [-0.2, -0.15) is 0 Å². The Morgan fingerprint density at radius 3 is 2.20 bits per heavy atom. The lowest BCUT2D eigenvalue weighted by Crippen LogP contribution is -2.58. The third-order valence-corrected chi connectivity index (χ3v) is 3.57. The highest BCUT2D eigenvalue weighted by Gasteiger charge is 2.33. The molecular weight excluding hydrogens is 188 g/mol. The molecule has 0 aromatic heterocycles. The van der Waals surface area contributed by atoms with Gasteiger partial charge in [0.05, 0.1) is 5.54 Å². The largest absolute Gasteiger partial charge is 0.349 e. The van der Waals surface area contributed by atoms with Gasteiger partial charge < -0.3 is 10.6 Å². The summed E-state index contributed by atoms with van der Waals surface area (Å²) in [5.74, 6) is 0.106. The maximum atomic E-state index is 12.0. The third-order valence-electron chi connectivity index (χ3n) is 3.57. The molecule has 0 heterocycles. The number of rotatable bonds is 3. The molecule has 1 amide bonds. The Bertz CT molecular complexity index is 230. The molecule has 0 aliphatic heterocycles. The monoisotopic (exact) mass is 212 g/mol. The van der Waals surface area contributed by atoms with Crippen molar-refractivity contribution in [3.8, 4) is 0 Å². The average molecular weight is 212 g/mol. The first-order valence-corrected chi connectivity index (χ1v) is 5.91. The molecule has 2 N–H and O–H groups in total. The first-order valence-electron chi connectivity index (χ1n) is 5.91. The van der Waals surface area contributed by atoms with Crippen molar-refractivity contribution >= 4 is 5.91 Å². The maximum Gasteiger partial charge on any atom is 0.240 e. The van der Waals surface area contributed by atoms with Gasteiger partial charge in [0.1, 0.15) is 0 Å². The third kappa shape index (κ3) is 3.20. The molecule has 1 saturated carbocycles. The summed E-state index contributed by atoms with van der Waals surface area (Å²) in [5.41, 5.74) is -0.454. The Kier molecular flexibility index (Phi) is 3.77. The van der Waals surface area contributed by atoms with Gasteiger partial charge in [-0.25, -0.2) is 0 Å². The molecule has 0 unspecified atom stereocenters. The van der Waals surface area contributed by atoms with E-state index in [1.165, 1.54) is 19.3 Å². The van der Waals surface area contributed by atoms with Gasteiger partial charge in [0.2, 0.25) is 5.91 Å². The van der Waals surface area contributed by atoms with E-state index in [4.69, 9.17) is 0 Å². The second-order valence-corrected chi connectivity index (χ2v) is 5.45. The van der Waals surface area contributed by atoms with Crippen molar-refractivity contribution < 1.29 is 4.79 Å². The standard InChI is InChI=1S/C12H24N2O/c1-11(2,13-4)10(15)14-12(3)8-6-5-7-9-12/h13H,5-9H2,1-4H3,(H,14,15). The van der Waals surface area contributed by atoms with E-state index in [2.05, 4.69) is 17.6 Å². The smallest absolute Gasteiger partial charge is 0.240 e. The highest BCUT2D eigenvalue weighted by Crippen LogP contribution is 2.27. The zero-order chi connectivity index (χ0) is 11.5. The van der Waals surface area contributed by atoms with Crippen LogP contribution in [-0.2, 0) is 4.79 Å². The molecule has 3 nitrogen and oxygen atoms in total. The van der Waals surface area contributed by atoms with Gasteiger partial charge in [0.25, 0.3) is 0 Å². The number of carbonyl (C=O) groups is 1. The van der Waals surface area contributed by atoms with Crippen LogP contribution >= 0.6 is 0 Å². The predicted octanol–water partition coefficient (Wildman–Crippen LogP) is 1.82. The minimum atomic E-state index is -0.472. The topological polar surface area (TPSA) is 41.1 Å². The highest BCUT2D eigenvalue weighted by atomic mass is 16.2. The number of carbonyl (C=O) groups excluding carboxylic acids is 1. The number of amides is 1. The maximum absolute atomic E-state index is 12.0. The van der Waals surface area contributed by atoms with E-state index >= 15 is 0 Å². The highest BCUT2D eigenvalue weighted by molar-refractivity contribution is 5.86. The van der Waals surface area contributed by atoms with Crippen molar-refractivity contribution in [3.63, 3.8) is 0 Å². The molecule has 0 bridgehead atoms. The molecular formula is C12H24N2O. The van der Waals surface area contributed by atoms with Crippen molar-refractivity contribution in [2.75, 3.05) is 7.05 Å². The molecule has 0 aromatic carbocycles. The van der Waals surface area contributed by atoms with E-state index in [1.54, 1.807) is 0 Å². The lowest BCUT2D eigenvalue weighted by molar-refractivity contribution is -0.128. The lowest BCUT2D eigenvalue weighted by Gasteiger charge is -2.37. The van der Waals surface area contributed by atoms with Crippen LogP contribution in [0.25, 0.3) is 0 Å². The Morgan fingerprint density at radius 2 is 1.73 bits per heavy atom. The summed E-state index contributed by atoms with van der Waals surface area (Å²) in [6, 6.07) is 0. The van der Waals surface area contributed by atoms with Crippen molar-refractivity contribution in [1.82, 2.24) is 10.6 Å². The van der Waals surface area contributed by atoms with Crippen LogP contribution in [-0.4, -0.2) is 24.0 Å². The van der Waals surface area contributed by atoms with Gasteiger partial charge in [0, 0.05) is 5.54 Å². The first kappa shape index (κ1) is 12.5. The van der Waals surface area contributed by atoms with Gasteiger partial charge in [-0.05, 0) is 40.7 Å². The van der Waals surface area contributed by atoms with Crippen molar-refractivity contribution in [1.29, 1.82) is 0 Å². The predicted molar refractivity (Wildman–Crippen MR) is 62.8 cm³/mol. The second-order valence-electron chi connectivity index (χ2n) is 5.45. The molecule has 1 rings (SSSR count). The summed E-state index contributed by atoms with van der Waals surface area (Å²) >= 11 is 0. The van der Waals surface area contributed by atoms with E-state index in [1.807, 2.05) is 20.9 Å². The fourth-order valence-electron chi connectivity index (χ4n) is 2.00. The molecule has 0 saturated heterocycles. The number of nitrogens with one attached hydrogen (secondary N) is 2. The normalized spacial score (nSPS) is 21.1. The second kappa shape index (κ2) is 4.52. The summed E-state index contributed by atoms with van der Waals surface area (Å²) in [5, 5.41) is 6.22. The summed E-state index contributed by atoms with van der Waals surface area (Å²) in [7, 11) is 1.82. The van der Waals surface area contributed by atoms with Gasteiger partial charge >= 0.3 is 0 Å². The fourth-order valence-corrected chi connectivity index (χ4v) is 2.00. The summed E-state index contributed by atoms with van der Waals surface area (Å²) in [6.45, 7) is 5.98. The Morgan fingerprint density at radius 1 is 1.20 bits per heavy atom. The van der Waals surface area contributed by atoms with Crippen LogP contribution in [0.2, 0.25) is 0 Å². The van der Waals surface area contributed by atoms with Gasteiger partial charge in [-0.15, -0.1) is 0 Å². The molecule has 1 fully saturated rings. The van der Waals surface area contributed by atoms with E-state index in [0.29, 0.717) is 0 Å². The molecule has 1 aliphatic rings. The number of hydrogen-bond donors (Lipinski definition) is 2. The van der Waals surface area contributed by atoms with Gasteiger partial charge in [-0.3, -0.25) is 4.79 Å². The Labute approximate surface area is 93.0 Å². The summed E-state index contributed by atoms with van der Waals surface area (Å²) in [6.07, 6.45) is 5.99. The molecule has 0 spiro atoms. The van der Waals surface area contributed by atoms with E-state index in [0.717, 1.165) is 12.8 Å².